The van der Waals surface area contributed by atoms with Crippen molar-refractivity contribution < 1.29 is 0 Å². The Bertz CT molecular complexity index is 522. The van der Waals surface area contributed by atoms with Crippen molar-refractivity contribution in [3.8, 4) is 0 Å². The molecule has 2 N–H and O–H groups in total. The van der Waals surface area contributed by atoms with Crippen LogP contribution >= 0.6 is 11.3 Å². The largest absolute Gasteiger partial charge is 0.378 e. The van der Waals surface area contributed by atoms with E-state index < -0.39 is 0 Å². The van der Waals surface area contributed by atoms with E-state index in [2.05, 4.69) is 54.6 Å². The molecule has 0 fully saturated rings. The molecular formula is C15H21N3S. The van der Waals surface area contributed by atoms with Crippen molar-refractivity contribution in [3.05, 3.63) is 40.2 Å². The third kappa shape index (κ3) is 3.96. The van der Waals surface area contributed by atoms with Crippen molar-refractivity contribution in [2.75, 3.05) is 17.2 Å². The van der Waals surface area contributed by atoms with Gasteiger partial charge in [-0.1, -0.05) is 6.92 Å². The Labute approximate surface area is 119 Å². The summed E-state index contributed by atoms with van der Waals surface area (Å²) in [6, 6.07) is 8.74. The van der Waals surface area contributed by atoms with E-state index in [1.165, 1.54) is 9.75 Å². The predicted octanol–water partition coefficient (Wildman–Crippen LogP) is 4.45. The smallest absolute Gasteiger partial charge is 0.127 e. The molecule has 0 aliphatic rings. The first-order chi connectivity index (χ1) is 9.19. The standard InChI is InChI=1S/C15H21N3S/c1-4-8-16-15-10-13(7-9-17-15)18-12(3)14-6-5-11(2)19-14/h5-7,9-10,12H,4,8H2,1-3H3,(H2,16,17,18). The molecule has 0 aliphatic carbocycles. The van der Waals surface area contributed by atoms with Crippen molar-refractivity contribution in [2.45, 2.75) is 33.2 Å². The molecule has 0 saturated carbocycles. The fourth-order valence-corrected chi connectivity index (χ4v) is 2.76. The molecule has 102 valence electrons. The number of anilines is 2. The highest BCUT2D eigenvalue weighted by Gasteiger charge is 2.07. The quantitative estimate of drug-likeness (QED) is 0.818. The number of rotatable bonds is 6. The molecule has 2 aromatic rings. The van der Waals surface area contributed by atoms with Crippen LogP contribution in [0.1, 0.15) is 36.1 Å². The summed E-state index contributed by atoms with van der Waals surface area (Å²) in [5.74, 6) is 0.932. The lowest BCUT2D eigenvalue weighted by Gasteiger charge is -2.14. The van der Waals surface area contributed by atoms with Gasteiger partial charge in [0, 0.05) is 34.2 Å². The van der Waals surface area contributed by atoms with E-state index in [1.54, 1.807) is 0 Å². The molecule has 0 aliphatic heterocycles. The fourth-order valence-electron chi connectivity index (χ4n) is 1.88. The van der Waals surface area contributed by atoms with E-state index in [0.717, 1.165) is 24.5 Å². The minimum absolute atomic E-state index is 0.320. The SMILES string of the molecule is CCCNc1cc(NC(C)c2ccc(C)s2)ccn1. The van der Waals surface area contributed by atoms with Crippen LogP contribution in [0.15, 0.2) is 30.5 Å². The highest BCUT2D eigenvalue weighted by Crippen LogP contribution is 2.26. The van der Waals surface area contributed by atoms with Gasteiger partial charge < -0.3 is 10.6 Å². The molecule has 0 amide bonds. The lowest BCUT2D eigenvalue weighted by molar-refractivity contribution is 0.906. The second kappa shape index (κ2) is 6.57. The number of nitrogens with one attached hydrogen (secondary N) is 2. The summed E-state index contributed by atoms with van der Waals surface area (Å²) in [6.45, 7) is 7.43. The van der Waals surface area contributed by atoms with Gasteiger partial charge in [0.15, 0.2) is 0 Å². The van der Waals surface area contributed by atoms with Gasteiger partial charge in [0.2, 0.25) is 0 Å². The van der Waals surface area contributed by atoms with Crippen molar-refractivity contribution in [3.63, 3.8) is 0 Å². The van der Waals surface area contributed by atoms with Crippen LogP contribution in [0.3, 0.4) is 0 Å². The van der Waals surface area contributed by atoms with Gasteiger partial charge in [-0.25, -0.2) is 4.98 Å². The fraction of sp³-hybridized carbons (Fsp3) is 0.400. The van der Waals surface area contributed by atoms with Crippen LogP contribution < -0.4 is 10.6 Å². The van der Waals surface area contributed by atoms with Crippen LogP contribution in [0.4, 0.5) is 11.5 Å². The van der Waals surface area contributed by atoms with E-state index in [4.69, 9.17) is 0 Å². The van der Waals surface area contributed by atoms with E-state index >= 15 is 0 Å². The predicted molar refractivity (Wildman–Crippen MR) is 84.1 cm³/mol. The Hall–Kier alpha value is -1.55. The van der Waals surface area contributed by atoms with Crippen LogP contribution in [-0.2, 0) is 0 Å². The lowest BCUT2D eigenvalue weighted by atomic mass is 10.2. The van der Waals surface area contributed by atoms with Gasteiger partial charge >= 0.3 is 0 Å². The summed E-state index contributed by atoms with van der Waals surface area (Å²) >= 11 is 1.84. The molecular weight excluding hydrogens is 254 g/mol. The Balaban J connectivity index is 2.02. The van der Waals surface area contributed by atoms with Crippen LogP contribution in [0.5, 0.6) is 0 Å². The zero-order chi connectivity index (χ0) is 13.7. The molecule has 4 heteroatoms. The number of pyridine rings is 1. The normalized spacial score (nSPS) is 12.2. The maximum absolute atomic E-state index is 4.31. The molecule has 0 spiro atoms. The van der Waals surface area contributed by atoms with E-state index in [9.17, 15) is 0 Å². The molecule has 2 rings (SSSR count). The Morgan fingerprint density at radius 3 is 2.84 bits per heavy atom. The van der Waals surface area contributed by atoms with E-state index in [0.29, 0.717) is 6.04 Å². The van der Waals surface area contributed by atoms with Gasteiger partial charge in [0.25, 0.3) is 0 Å². The number of aromatic nitrogens is 1. The Kier molecular flexibility index (Phi) is 4.80. The van der Waals surface area contributed by atoms with Gasteiger partial charge in [0.05, 0.1) is 6.04 Å². The van der Waals surface area contributed by atoms with E-state index in [1.807, 2.05) is 23.6 Å². The number of hydrogen-bond donors (Lipinski definition) is 2. The maximum Gasteiger partial charge on any atom is 0.127 e. The Morgan fingerprint density at radius 1 is 1.32 bits per heavy atom. The summed E-state index contributed by atoms with van der Waals surface area (Å²) in [7, 11) is 0. The first-order valence-electron chi connectivity index (χ1n) is 6.72. The van der Waals surface area contributed by atoms with Gasteiger partial charge in [-0.15, -0.1) is 11.3 Å². The number of nitrogens with zero attached hydrogens (tertiary/aromatic N) is 1. The van der Waals surface area contributed by atoms with Crippen LogP contribution in [0.25, 0.3) is 0 Å². The van der Waals surface area contributed by atoms with E-state index in [-0.39, 0.29) is 0 Å². The summed E-state index contributed by atoms with van der Waals surface area (Å²) in [5, 5.41) is 6.82. The third-order valence-corrected chi connectivity index (χ3v) is 4.07. The molecule has 1 unspecified atom stereocenters. The van der Waals surface area contributed by atoms with Crippen molar-refractivity contribution in [2.24, 2.45) is 0 Å². The molecule has 19 heavy (non-hydrogen) atoms. The van der Waals surface area contributed by atoms with Crippen molar-refractivity contribution in [1.82, 2.24) is 4.98 Å². The zero-order valence-corrected chi connectivity index (χ0v) is 12.6. The minimum atomic E-state index is 0.320. The first-order valence-corrected chi connectivity index (χ1v) is 7.53. The molecule has 0 bridgehead atoms. The summed E-state index contributed by atoms with van der Waals surface area (Å²) in [5.41, 5.74) is 1.10. The second-order valence-corrected chi connectivity index (χ2v) is 5.99. The molecule has 0 radical (unpaired) electrons. The number of thiophene rings is 1. The van der Waals surface area contributed by atoms with Gasteiger partial charge in [-0.05, 0) is 38.5 Å². The second-order valence-electron chi connectivity index (χ2n) is 4.67. The van der Waals surface area contributed by atoms with Crippen LogP contribution in [-0.4, -0.2) is 11.5 Å². The van der Waals surface area contributed by atoms with Crippen LogP contribution in [0.2, 0.25) is 0 Å². The maximum atomic E-state index is 4.31. The summed E-state index contributed by atoms with van der Waals surface area (Å²) in [4.78, 5) is 7.02. The summed E-state index contributed by atoms with van der Waals surface area (Å²) < 4.78 is 0. The van der Waals surface area contributed by atoms with Gasteiger partial charge in [0.1, 0.15) is 5.82 Å². The van der Waals surface area contributed by atoms with Crippen molar-refractivity contribution >= 4 is 22.8 Å². The molecule has 2 heterocycles. The number of hydrogen-bond acceptors (Lipinski definition) is 4. The van der Waals surface area contributed by atoms with Crippen molar-refractivity contribution in [1.29, 1.82) is 0 Å². The highest BCUT2D eigenvalue weighted by molar-refractivity contribution is 7.12. The van der Waals surface area contributed by atoms with Gasteiger partial charge in [-0.3, -0.25) is 0 Å². The monoisotopic (exact) mass is 275 g/mol. The Morgan fingerprint density at radius 2 is 2.16 bits per heavy atom. The topological polar surface area (TPSA) is 37.0 Å². The molecule has 0 saturated heterocycles. The highest BCUT2D eigenvalue weighted by atomic mass is 32.1. The molecule has 2 aromatic heterocycles. The molecule has 3 nitrogen and oxygen atoms in total. The average molecular weight is 275 g/mol. The lowest BCUT2D eigenvalue weighted by Crippen LogP contribution is -2.06. The van der Waals surface area contributed by atoms with Gasteiger partial charge in [-0.2, -0.15) is 0 Å². The number of aryl methyl sites for hydroxylation is 1. The third-order valence-electron chi connectivity index (χ3n) is 2.89. The molecule has 1 atom stereocenters. The summed E-state index contributed by atoms with van der Waals surface area (Å²) in [6.07, 6.45) is 2.94. The van der Waals surface area contributed by atoms with Crippen LogP contribution in [0, 0.1) is 6.92 Å². The molecule has 0 aromatic carbocycles. The minimum Gasteiger partial charge on any atom is -0.378 e. The first kappa shape index (κ1) is 13.9. The average Bonchev–Trinajstić information content (AvgIpc) is 2.83. The zero-order valence-electron chi connectivity index (χ0n) is 11.7.